The molecule has 0 saturated heterocycles. The quantitative estimate of drug-likeness (QED) is 0.788. The van der Waals surface area contributed by atoms with Gasteiger partial charge in [-0.15, -0.1) is 0 Å². The zero-order valence-electron chi connectivity index (χ0n) is 13.0. The molecule has 0 unspecified atom stereocenters. The molecule has 0 heterocycles. The molecule has 21 heavy (non-hydrogen) atoms. The molecule has 0 bridgehead atoms. The van der Waals surface area contributed by atoms with Crippen molar-refractivity contribution in [2.45, 2.75) is 39.2 Å². The molecule has 0 amide bonds. The fourth-order valence-electron chi connectivity index (χ4n) is 2.10. The van der Waals surface area contributed by atoms with Crippen LogP contribution in [0.5, 0.6) is 11.5 Å². The van der Waals surface area contributed by atoms with Crippen LogP contribution in [0, 0.1) is 0 Å². The van der Waals surface area contributed by atoms with Crippen molar-refractivity contribution in [3.63, 3.8) is 0 Å². The van der Waals surface area contributed by atoms with E-state index in [-0.39, 0.29) is 11.5 Å². The van der Waals surface area contributed by atoms with E-state index in [0.29, 0.717) is 0 Å². The first-order chi connectivity index (χ1) is 9.77. The van der Waals surface area contributed by atoms with Crippen LogP contribution in [0.1, 0.15) is 44.9 Å². The topological polar surface area (TPSA) is 35.2 Å². The lowest BCUT2D eigenvalue weighted by atomic mass is 9.87. The number of rotatable bonds is 3. The zero-order valence-corrected chi connectivity index (χ0v) is 14.6. The lowest BCUT2D eigenvalue weighted by molar-refractivity contribution is 0.478. The lowest BCUT2D eigenvalue weighted by Crippen LogP contribution is -2.10. The van der Waals surface area contributed by atoms with Crippen LogP contribution in [0.15, 0.2) is 46.9 Å². The molecule has 0 radical (unpaired) electrons. The molecule has 2 N–H and O–H groups in total. The van der Waals surface area contributed by atoms with E-state index in [1.165, 1.54) is 5.56 Å². The van der Waals surface area contributed by atoms with Crippen LogP contribution in [-0.4, -0.2) is 0 Å². The van der Waals surface area contributed by atoms with E-state index in [4.69, 9.17) is 10.5 Å². The molecule has 2 aromatic carbocycles. The highest BCUT2D eigenvalue weighted by Crippen LogP contribution is 2.31. The SMILES string of the molecule is C[C@H](N)c1ccc(Oc2cccc(C(C)(C)C)c2)cc1Br. The highest BCUT2D eigenvalue weighted by atomic mass is 79.9. The molecule has 0 spiro atoms. The Bertz CT molecular complexity index is 629. The summed E-state index contributed by atoms with van der Waals surface area (Å²) in [4.78, 5) is 0. The van der Waals surface area contributed by atoms with Crippen LogP contribution in [0.3, 0.4) is 0 Å². The molecule has 0 aliphatic heterocycles. The van der Waals surface area contributed by atoms with E-state index in [0.717, 1.165) is 21.5 Å². The van der Waals surface area contributed by atoms with Gasteiger partial charge in [0, 0.05) is 10.5 Å². The Morgan fingerprint density at radius 1 is 1.05 bits per heavy atom. The maximum atomic E-state index is 5.96. The van der Waals surface area contributed by atoms with Gasteiger partial charge in [-0.2, -0.15) is 0 Å². The number of nitrogens with two attached hydrogens (primary N) is 1. The molecule has 2 rings (SSSR count). The first-order valence-corrected chi connectivity index (χ1v) is 7.90. The summed E-state index contributed by atoms with van der Waals surface area (Å²) >= 11 is 3.55. The maximum Gasteiger partial charge on any atom is 0.128 e. The van der Waals surface area contributed by atoms with E-state index < -0.39 is 0 Å². The number of ether oxygens (including phenoxy) is 1. The second-order valence-electron chi connectivity index (χ2n) is 6.35. The third kappa shape index (κ3) is 4.08. The smallest absolute Gasteiger partial charge is 0.128 e. The van der Waals surface area contributed by atoms with Gasteiger partial charge in [-0.1, -0.05) is 54.9 Å². The van der Waals surface area contributed by atoms with Crippen molar-refractivity contribution in [2.75, 3.05) is 0 Å². The van der Waals surface area contributed by atoms with Gasteiger partial charge in [-0.05, 0) is 47.7 Å². The number of hydrogen-bond acceptors (Lipinski definition) is 2. The fraction of sp³-hybridized carbons (Fsp3) is 0.333. The summed E-state index contributed by atoms with van der Waals surface area (Å²) in [6.45, 7) is 8.55. The number of benzene rings is 2. The summed E-state index contributed by atoms with van der Waals surface area (Å²) in [7, 11) is 0. The van der Waals surface area contributed by atoms with Gasteiger partial charge in [-0.3, -0.25) is 0 Å². The van der Waals surface area contributed by atoms with E-state index in [1.54, 1.807) is 0 Å². The molecule has 1 atom stereocenters. The van der Waals surface area contributed by atoms with Crippen LogP contribution in [-0.2, 0) is 5.41 Å². The molecule has 0 saturated carbocycles. The van der Waals surface area contributed by atoms with Crippen LogP contribution in [0.2, 0.25) is 0 Å². The zero-order chi connectivity index (χ0) is 15.6. The van der Waals surface area contributed by atoms with Crippen molar-refractivity contribution in [2.24, 2.45) is 5.73 Å². The highest BCUT2D eigenvalue weighted by Gasteiger charge is 2.14. The monoisotopic (exact) mass is 347 g/mol. The van der Waals surface area contributed by atoms with E-state index in [9.17, 15) is 0 Å². The van der Waals surface area contributed by atoms with E-state index in [2.05, 4.69) is 48.8 Å². The third-order valence-electron chi connectivity index (χ3n) is 3.40. The van der Waals surface area contributed by atoms with E-state index >= 15 is 0 Å². The molecule has 2 nitrogen and oxygen atoms in total. The Kier molecular flexibility index (Phi) is 4.74. The molecule has 3 heteroatoms. The lowest BCUT2D eigenvalue weighted by Gasteiger charge is -2.20. The first-order valence-electron chi connectivity index (χ1n) is 7.11. The summed E-state index contributed by atoms with van der Waals surface area (Å²) < 4.78 is 6.93. The Hall–Kier alpha value is -1.32. The van der Waals surface area contributed by atoms with Gasteiger partial charge in [0.05, 0.1) is 0 Å². The van der Waals surface area contributed by atoms with Gasteiger partial charge in [-0.25, -0.2) is 0 Å². The van der Waals surface area contributed by atoms with Crippen LogP contribution in [0.4, 0.5) is 0 Å². The van der Waals surface area contributed by atoms with Gasteiger partial charge in [0.15, 0.2) is 0 Å². The van der Waals surface area contributed by atoms with Gasteiger partial charge in [0.25, 0.3) is 0 Å². The summed E-state index contributed by atoms with van der Waals surface area (Å²) in [6, 6.07) is 14.1. The molecule has 0 fully saturated rings. The van der Waals surface area contributed by atoms with Gasteiger partial charge in [0.2, 0.25) is 0 Å². The van der Waals surface area contributed by atoms with Crippen molar-refractivity contribution >= 4 is 15.9 Å². The Morgan fingerprint density at radius 2 is 1.71 bits per heavy atom. The van der Waals surface area contributed by atoms with Crippen molar-refractivity contribution in [1.82, 2.24) is 0 Å². The standard InChI is InChI=1S/C18H22BrNO/c1-12(20)16-9-8-15(11-17(16)19)21-14-7-5-6-13(10-14)18(2,3)4/h5-12H,20H2,1-4H3/t12-/m0/s1. The Morgan fingerprint density at radius 3 is 2.29 bits per heavy atom. The van der Waals surface area contributed by atoms with Crippen molar-refractivity contribution in [1.29, 1.82) is 0 Å². The second kappa shape index (κ2) is 6.20. The van der Waals surface area contributed by atoms with Gasteiger partial charge < -0.3 is 10.5 Å². The van der Waals surface area contributed by atoms with Gasteiger partial charge in [0.1, 0.15) is 11.5 Å². The minimum Gasteiger partial charge on any atom is -0.457 e. The average Bonchev–Trinajstić information content (AvgIpc) is 2.37. The molecular weight excluding hydrogens is 326 g/mol. The van der Waals surface area contributed by atoms with Gasteiger partial charge >= 0.3 is 0 Å². The average molecular weight is 348 g/mol. The fourth-order valence-corrected chi connectivity index (χ4v) is 2.82. The Balaban J connectivity index is 2.25. The van der Waals surface area contributed by atoms with Crippen LogP contribution in [0.25, 0.3) is 0 Å². The largest absolute Gasteiger partial charge is 0.457 e. The Labute approximate surface area is 135 Å². The molecule has 0 aliphatic carbocycles. The van der Waals surface area contributed by atoms with Crippen LogP contribution < -0.4 is 10.5 Å². The summed E-state index contributed by atoms with van der Waals surface area (Å²) in [5.41, 5.74) is 8.35. The predicted octanol–water partition coefficient (Wildman–Crippen LogP) is 5.56. The first kappa shape index (κ1) is 16.1. The minimum atomic E-state index is -0.00218. The summed E-state index contributed by atoms with van der Waals surface area (Å²) in [5, 5.41) is 0. The molecule has 0 aliphatic rings. The molecule has 0 aromatic heterocycles. The van der Waals surface area contributed by atoms with Crippen molar-refractivity contribution < 1.29 is 4.74 Å². The minimum absolute atomic E-state index is 0.00218. The molecular formula is C18H22BrNO. The van der Waals surface area contributed by atoms with Crippen LogP contribution >= 0.6 is 15.9 Å². The number of hydrogen-bond donors (Lipinski definition) is 1. The predicted molar refractivity (Wildman–Crippen MR) is 92.0 cm³/mol. The van der Waals surface area contributed by atoms with Crippen molar-refractivity contribution in [3.05, 3.63) is 58.1 Å². The third-order valence-corrected chi connectivity index (χ3v) is 4.08. The van der Waals surface area contributed by atoms with E-state index in [1.807, 2.05) is 37.3 Å². The summed E-state index contributed by atoms with van der Waals surface area (Å²) in [6.07, 6.45) is 0. The maximum absolute atomic E-state index is 5.96. The molecule has 112 valence electrons. The summed E-state index contributed by atoms with van der Waals surface area (Å²) in [5.74, 6) is 1.65. The van der Waals surface area contributed by atoms with Crippen molar-refractivity contribution in [3.8, 4) is 11.5 Å². The number of halogens is 1. The molecule has 2 aromatic rings. The highest BCUT2D eigenvalue weighted by molar-refractivity contribution is 9.10. The second-order valence-corrected chi connectivity index (χ2v) is 7.21. The normalized spacial score (nSPS) is 13.0.